The molecule has 0 bridgehead atoms. The van der Waals surface area contributed by atoms with Gasteiger partial charge in [-0.05, 0) is 17.7 Å². The van der Waals surface area contributed by atoms with E-state index in [9.17, 15) is 0 Å². The van der Waals surface area contributed by atoms with Gasteiger partial charge in [-0.2, -0.15) is 0 Å². The fraction of sp³-hybridized carbons (Fsp3) is 0. The number of nitrogens with two attached hydrogens (primary N) is 2. The lowest BCUT2D eigenvalue weighted by Crippen LogP contribution is -1.96. The van der Waals surface area contributed by atoms with Gasteiger partial charge in [0.05, 0.1) is 11.4 Å². The Morgan fingerprint density at radius 3 is 2.40 bits per heavy atom. The molecule has 0 saturated heterocycles. The minimum atomic E-state index is 0.393. The second-order valence-corrected chi connectivity index (χ2v) is 2.43. The van der Waals surface area contributed by atoms with Crippen molar-refractivity contribution in [3.63, 3.8) is 0 Å². The highest BCUT2D eigenvalue weighted by Gasteiger charge is 1.99. The van der Waals surface area contributed by atoms with E-state index in [-0.39, 0.29) is 0 Å². The van der Waals surface area contributed by atoms with Gasteiger partial charge >= 0.3 is 0 Å². The van der Waals surface area contributed by atoms with E-state index < -0.39 is 0 Å². The Morgan fingerprint density at radius 1 is 1.30 bits per heavy atom. The summed E-state index contributed by atoms with van der Waals surface area (Å²) < 4.78 is 0. The molecule has 52 valence electrons. The predicted molar refractivity (Wildman–Crippen MR) is 43.7 cm³/mol. The molecular formula is C7H7ClN2. The van der Waals surface area contributed by atoms with Gasteiger partial charge in [0.1, 0.15) is 0 Å². The maximum absolute atomic E-state index is 5.61. The van der Waals surface area contributed by atoms with Crippen molar-refractivity contribution in [1.29, 1.82) is 0 Å². The van der Waals surface area contributed by atoms with Crippen molar-refractivity contribution in [2.45, 2.75) is 0 Å². The van der Waals surface area contributed by atoms with Crippen LogP contribution in [0.1, 0.15) is 5.56 Å². The molecule has 10 heavy (non-hydrogen) atoms. The zero-order chi connectivity index (χ0) is 7.72. The van der Waals surface area contributed by atoms with Crippen molar-refractivity contribution in [2.75, 3.05) is 11.5 Å². The summed E-state index contributed by atoms with van der Waals surface area (Å²) >= 11 is 5.61. The van der Waals surface area contributed by atoms with Crippen molar-refractivity contribution < 1.29 is 0 Å². The zero-order valence-corrected chi connectivity index (χ0v) is 6.02. The van der Waals surface area contributed by atoms with Crippen LogP contribution in [0.4, 0.5) is 11.4 Å². The maximum atomic E-state index is 5.61. The van der Waals surface area contributed by atoms with Gasteiger partial charge in [0, 0.05) is 11.9 Å². The fourth-order valence-electron chi connectivity index (χ4n) is 0.661. The summed E-state index contributed by atoms with van der Waals surface area (Å²) in [6, 6.07) is 3.13. The van der Waals surface area contributed by atoms with E-state index in [0.29, 0.717) is 22.0 Å². The Hall–Kier alpha value is -0.890. The van der Waals surface area contributed by atoms with Crippen LogP contribution in [-0.4, -0.2) is 0 Å². The molecule has 0 heterocycles. The average molecular weight is 155 g/mol. The third-order valence-corrected chi connectivity index (χ3v) is 1.43. The third kappa shape index (κ3) is 1.16. The van der Waals surface area contributed by atoms with Crippen molar-refractivity contribution in [3.8, 4) is 0 Å². The van der Waals surface area contributed by atoms with Gasteiger partial charge < -0.3 is 11.5 Å². The molecule has 4 N–H and O–H groups in total. The van der Waals surface area contributed by atoms with Crippen LogP contribution >= 0.6 is 11.6 Å². The van der Waals surface area contributed by atoms with Crippen LogP contribution in [0.25, 0.3) is 0 Å². The van der Waals surface area contributed by atoms with Gasteiger partial charge in [-0.15, -0.1) is 0 Å². The summed E-state index contributed by atoms with van der Waals surface area (Å²) in [5.41, 5.74) is 12.1. The molecule has 0 aromatic heterocycles. The molecule has 0 saturated carbocycles. The molecule has 0 unspecified atom stereocenters. The molecule has 2 nitrogen and oxygen atoms in total. The Balaban J connectivity index is 3.31. The van der Waals surface area contributed by atoms with Crippen molar-refractivity contribution >= 4 is 23.0 Å². The van der Waals surface area contributed by atoms with Gasteiger partial charge in [0.2, 0.25) is 0 Å². The molecule has 0 atom stereocenters. The van der Waals surface area contributed by atoms with Gasteiger partial charge in [-0.1, -0.05) is 11.6 Å². The summed E-state index contributed by atoms with van der Waals surface area (Å²) in [6.07, 6.45) is 0. The molecule has 0 spiro atoms. The SMILES string of the molecule is [CH]c1cc(Cl)cc(N)c1N. The molecule has 0 fully saturated rings. The lowest BCUT2D eigenvalue weighted by molar-refractivity contribution is 1.59. The minimum Gasteiger partial charge on any atom is -0.397 e. The lowest BCUT2D eigenvalue weighted by Gasteiger charge is -2.02. The maximum Gasteiger partial charge on any atom is 0.0584 e. The molecular weight excluding hydrogens is 148 g/mol. The highest BCUT2D eigenvalue weighted by Crippen LogP contribution is 2.23. The summed E-state index contributed by atoms with van der Waals surface area (Å²) in [4.78, 5) is 0. The topological polar surface area (TPSA) is 52.0 Å². The van der Waals surface area contributed by atoms with Crippen LogP contribution in [0.15, 0.2) is 12.1 Å². The number of hydrogen-bond donors (Lipinski definition) is 2. The van der Waals surface area contributed by atoms with Crippen LogP contribution in [0, 0.1) is 6.92 Å². The van der Waals surface area contributed by atoms with Crippen molar-refractivity contribution in [3.05, 3.63) is 29.6 Å². The Kier molecular flexibility index (Phi) is 1.72. The molecule has 0 amide bonds. The first-order chi connectivity index (χ1) is 4.61. The molecule has 0 aliphatic heterocycles. The summed E-state index contributed by atoms with van der Waals surface area (Å²) in [5, 5.41) is 0.504. The highest BCUT2D eigenvalue weighted by atomic mass is 35.5. The number of rotatable bonds is 0. The monoisotopic (exact) mass is 154 g/mol. The number of hydrogen-bond acceptors (Lipinski definition) is 2. The first-order valence-electron chi connectivity index (χ1n) is 2.71. The second-order valence-electron chi connectivity index (χ2n) is 2.00. The zero-order valence-electron chi connectivity index (χ0n) is 5.26. The van der Waals surface area contributed by atoms with E-state index in [2.05, 4.69) is 0 Å². The molecule has 1 rings (SSSR count). The standard InChI is InChI=1S/C7H7ClN2/c1-4-2-5(8)3-6(9)7(4)10/h1-3H,9-10H2. The van der Waals surface area contributed by atoms with Crippen molar-refractivity contribution in [1.82, 2.24) is 0 Å². The summed E-state index contributed by atoms with van der Waals surface area (Å²) in [5.74, 6) is 0. The van der Waals surface area contributed by atoms with E-state index in [1.54, 1.807) is 12.1 Å². The summed E-state index contributed by atoms with van der Waals surface area (Å²) in [6.45, 7) is 5.43. The molecule has 0 aliphatic carbocycles. The number of anilines is 2. The van der Waals surface area contributed by atoms with Crippen LogP contribution in [0.2, 0.25) is 5.02 Å². The number of benzene rings is 1. The quantitative estimate of drug-likeness (QED) is 0.558. The molecule has 3 heteroatoms. The van der Waals surface area contributed by atoms with Gasteiger partial charge in [-0.25, -0.2) is 0 Å². The lowest BCUT2D eigenvalue weighted by atomic mass is 10.2. The van der Waals surface area contributed by atoms with E-state index >= 15 is 0 Å². The molecule has 0 aliphatic rings. The Labute approximate surface area is 64.8 Å². The van der Waals surface area contributed by atoms with Crippen LogP contribution in [0.3, 0.4) is 0 Å². The minimum absolute atomic E-state index is 0.393. The third-order valence-electron chi connectivity index (χ3n) is 1.21. The fourth-order valence-corrected chi connectivity index (χ4v) is 0.896. The van der Waals surface area contributed by atoms with Gasteiger partial charge in [0.15, 0.2) is 0 Å². The smallest absolute Gasteiger partial charge is 0.0584 e. The largest absolute Gasteiger partial charge is 0.397 e. The van der Waals surface area contributed by atoms with E-state index in [0.717, 1.165) is 0 Å². The van der Waals surface area contributed by atoms with Crippen LogP contribution in [-0.2, 0) is 0 Å². The molecule has 1 aromatic rings. The Morgan fingerprint density at radius 2 is 1.90 bits per heavy atom. The number of nitrogen functional groups attached to an aromatic ring is 2. The molecule has 2 radical (unpaired) electrons. The van der Waals surface area contributed by atoms with Gasteiger partial charge in [-0.3, -0.25) is 0 Å². The first kappa shape index (κ1) is 7.22. The van der Waals surface area contributed by atoms with E-state index in [1.165, 1.54) is 0 Å². The first-order valence-corrected chi connectivity index (χ1v) is 3.09. The van der Waals surface area contributed by atoms with Crippen LogP contribution in [0.5, 0.6) is 0 Å². The average Bonchev–Trinajstić information content (AvgIpc) is 1.82. The Bertz CT molecular complexity index is 235. The van der Waals surface area contributed by atoms with E-state index in [1.807, 2.05) is 0 Å². The van der Waals surface area contributed by atoms with Crippen LogP contribution < -0.4 is 11.5 Å². The number of halogens is 1. The predicted octanol–water partition coefficient (Wildman–Crippen LogP) is 1.56. The normalized spacial score (nSPS) is 9.80. The second kappa shape index (κ2) is 2.39. The molecule has 1 aromatic carbocycles. The van der Waals surface area contributed by atoms with E-state index in [4.69, 9.17) is 30.0 Å². The summed E-state index contributed by atoms with van der Waals surface area (Å²) in [7, 11) is 0. The van der Waals surface area contributed by atoms with Crippen molar-refractivity contribution in [2.24, 2.45) is 0 Å². The highest BCUT2D eigenvalue weighted by molar-refractivity contribution is 6.31. The van der Waals surface area contributed by atoms with Gasteiger partial charge in [0.25, 0.3) is 0 Å².